The summed E-state index contributed by atoms with van der Waals surface area (Å²) in [5.74, 6) is 0. The molecule has 2 fully saturated rings. The fourth-order valence-corrected chi connectivity index (χ4v) is 2.44. The monoisotopic (exact) mass is 254 g/mol. The van der Waals surface area contributed by atoms with Crippen LogP contribution in [0, 0.1) is 6.92 Å². The van der Waals surface area contributed by atoms with Crippen LogP contribution in [0.4, 0.5) is 0 Å². The number of fused-ring (bicyclic) bond motifs is 1. The predicted octanol–water partition coefficient (Wildman–Crippen LogP) is -1.11. The number of hydrogen-bond acceptors (Lipinski definition) is 5. The molecular formula is C11H14N2O5. The lowest BCUT2D eigenvalue weighted by atomic mass is 9.93. The Balaban J connectivity index is 1.96. The molecule has 18 heavy (non-hydrogen) atoms. The zero-order chi connectivity index (χ0) is 12.9. The van der Waals surface area contributed by atoms with Crippen LogP contribution in [0.1, 0.15) is 18.2 Å². The molecule has 0 radical (unpaired) electrons. The predicted molar refractivity (Wildman–Crippen MR) is 60.4 cm³/mol. The molecule has 7 heteroatoms. The molecule has 0 aromatic carbocycles. The quantitative estimate of drug-likeness (QED) is 0.698. The van der Waals surface area contributed by atoms with E-state index in [1.54, 1.807) is 6.92 Å². The molecule has 0 bridgehead atoms. The Hall–Kier alpha value is -1.44. The summed E-state index contributed by atoms with van der Waals surface area (Å²) in [6.07, 6.45) is 1.27. The molecule has 0 amide bonds. The molecule has 0 saturated carbocycles. The van der Waals surface area contributed by atoms with Crippen molar-refractivity contribution in [3.8, 4) is 0 Å². The first-order valence-electron chi connectivity index (χ1n) is 5.78. The smallest absolute Gasteiger partial charge is 0.330 e. The normalized spacial score (nSPS) is 34.1. The van der Waals surface area contributed by atoms with Crippen LogP contribution in [0.3, 0.4) is 0 Å². The molecule has 2 aliphatic heterocycles. The van der Waals surface area contributed by atoms with Gasteiger partial charge in [0, 0.05) is 18.2 Å². The van der Waals surface area contributed by atoms with Crippen molar-refractivity contribution in [3.63, 3.8) is 0 Å². The Kier molecular flexibility index (Phi) is 2.44. The number of hydrogen-bond donors (Lipinski definition) is 2. The summed E-state index contributed by atoms with van der Waals surface area (Å²) in [6.45, 7) is 1.82. The van der Waals surface area contributed by atoms with Crippen molar-refractivity contribution < 1.29 is 14.6 Å². The van der Waals surface area contributed by atoms with Gasteiger partial charge in [0.1, 0.15) is 11.8 Å². The maximum Gasteiger partial charge on any atom is 0.330 e. The van der Waals surface area contributed by atoms with Crippen molar-refractivity contribution in [2.75, 3.05) is 13.2 Å². The second kappa shape index (κ2) is 3.78. The molecule has 3 heterocycles. The van der Waals surface area contributed by atoms with E-state index in [1.807, 2.05) is 0 Å². The highest BCUT2D eigenvalue weighted by Crippen LogP contribution is 2.44. The number of rotatable bonds is 2. The molecule has 0 aliphatic carbocycles. The van der Waals surface area contributed by atoms with E-state index in [-0.39, 0.29) is 12.7 Å². The van der Waals surface area contributed by atoms with E-state index in [4.69, 9.17) is 9.47 Å². The summed E-state index contributed by atoms with van der Waals surface area (Å²) in [5.41, 5.74) is -1.15. The summed E-state index contributed by atoms with van der Waals surface area (Å²) in [7, 11) is 0. The lowest BCUT2D eigenvalue weighted by Crippen LogP contribution is -2.58. The van der Waals surface area contributed by atoms with Crippen LogP contribution >= 0.6 is 0 Å². The molecule has 1 aromatic heterocycles. The summed E-state index contributed by atoms with van der Waals surface area (Å²) in [6, 6.07) is 0. The lowest BCUT2D eigenvalue weighted by molar-refractivity contribution is -0.242. The summed E-state index contributed by atoms with van der Waals surface area (Å²) < 4.78 is 12.4. The molecule has 1 aromatic rings. The Morgan fingerprint density at radius 3 is 2.94 bits per heavy atom. The first kappa shape index (κ1) is 11.6. The highest BCUT2D eigenvalue weighted by molar-refractivity contribution is 5.06. The minimum absolute atomic E-state index is 0.134. The van der Waals surface area contributed by atoms with E-state index in [0.29, 0.717) is 18.6 Å². The lowest BCUT2D eigenvalue weighted by Gasteiger charge is -2.41. The van der Waals surface area contributed by atoms with Crippen molar-refractivity contribution in [2.24, 2.45) is 0 Å². The summed E-state index contributed by atoms with van der Waals surface area (Å²) in [4.78, 5) is 25.3. The Bertz CT molecular complexity index is 588. The van der Waals surface area contributed by atoms with Crippen LogP contribution in [0.15, 0.2) is 15.8 Å². The summed E-state index contributed by atoms with van der Waals surface area (Å²) >= 11 is 0. The number of aromatic nitrogens is 2. The fourth-order valence-electron chi connectivity index (χ4n) is 2.44. The molecule has 2 aliphatic rings. The molecule has 2 N–H and O–H groups in total. The SMILES string of the molecule is Cc1cn([C@H]2CC3OC[C@]3(CO)O2)c(=O)[nH]c1=O. The topological polar surface area (TPSA) is 93.6 Å². The van der Waals surface area contributed by atoms with Crippen LogP contribution in [0.25, 0.3) is 0 Å². The largest absolute Gasteiger partial charge is 0.393 e. The minimum Gasteiger partial charge on any atom is -0.393 e. The van der Waals surface area contributed by atoms with Gasteiger partial charge in [-0.25, -0.2) is 4.79 Å². The standard InChI is InChI=1S/C11H14N2O5/c1-6-3-13(10(16)12-9(6)15)8-2-7-11(4-14,18-8)5-17-7/h3,7-8,14H,2,4-5H2,1H3,(H,12,15,16)/t7?,8-,11+/m1/s1. The van der Waals surface area contributed by atoms with Crippen LogP contribution in [0.2, 0.25) is 0 Å². The van der Waals surface area contributed by atoms with E-state index < -0.39 is 23.1 Å². The van der Waals surface area contributed by atoms with Crippen molar-refractivity contribution in [3.05, 3.63) is 32.6 Å². The average Bonchev–Trinajstić information content (AvgIpc) is 2.57. The second-order valence-electron chi connectivity index (χ2n) is 4.81. The van der Waals surface area contributed by atoms with E-state index in [9.17, 15) is 14.7 Å². The van der Waals surface area contributed by atoms with E-state index in [2.05, 4.69) is 4.98 Å². The third-order valence-corrected chi connectivity index (χ3v) is 3.63. The number of aryl methyl sites for hydroxylation is 1. The molecule has 7 nitrogen and oxygen atoms in total. The third-order valence-electron chi connectivity index (χ3n) is 3.63. The second-order valence-corrected chi connectivity index (χ2v) is 4.81. The van der Waals surface area contributed by atoms with Crippen LogP contribution in [-0.2, 0) is 9.47 Å². The average molecular weight is 254 g/mol. The van der Waals surface area contributed by atoms with Gasteiger partial charge in [-0.1, -0.05) is 0 Å². The molecule has 0 spiro atoms. The van der Waals surface area contributed by atoms with Gasteiger partial charge in [0.15, 0.2) is 0 Å². The zero-order valence-corrected chi connectivity index (χ0v) is 9.88. The van der Waals surface area contributed by atoms with Gasteiger partial charge in [-0.2, -0.15) is 0 Å². The Morgan fingerprint density at radius 1 is 1.61 bits per heavy atom. The molecule has 2 saturated heterocycles. The van der Waals surface area contributed by atoms with Gasteiger partial charge < -0.3 is 14.6 Å². The Labute approximate surface area is 102 Å². The van der Waals surface area contributed by atoms with Gasteiger partial charge in [-0.3, -0.25) is 14.3 Å². The van der Waals surface area contributed by atoms with Gasteiger partial charge in [0.25, 0.3) is 5.56 Å². The fraction of sp³-hybridized carbons (Fsp3) is 0.636. The molecule has 98 valence electrons. The van der Waals surface area contributed by atoms with Gasteiger partial charge >= 0.3 is 5.69 Å². The van der Waals surface area contributed by atoms with Crippen LogP contribution < -0.4 is 11.2 Å². The highest BCUT2D eigenvalue weighted by atomic mass is 16.6. The number of aromatic amines is 1. The van der Waals surface area contributed by atoms with E-state index in [0.717, 1.165) is 0 Å². The number of ether oxygens (including phenoxy) is 2. The molecule has 3 rings (SSSR count). The number of H-pyrrole nitrogens is 1. The van der Waals surface area contributed by atoms with Crippen molar-refractivity contribution in [2.45, 2.75) is 31.3 Å². The first-order chi connectivity index (χ1) is 8.55. The third kappa shape index (κ3) is 1.48. The van der Waals surface area contributed by atoms with Gasteiger partial charge in [0.05, 0.1) is 19.3 Å². The zero-order valence-electron chi connectivity index (χ0n) is 9.88. The van der Waals surface area contributed by atoms with Gasteiger partial charge in [0.2, 0.25) is 0 Å². The van der Waals surface area contributed by atoms with Gasteiger partial charge in [-0.05, 0) is 6.92 Å². The van der Waals surface area contributed by atoms with Crippen LogP contribution in [-0.4, -0.2) is 39.6 Å². The van der Waals surface area contributed by atoms with E-state index in [1.165, 1.54) is 10.8 Å². The van der Waals surface area contributed by atoms with Crippen molar-refractivity contribution in [1.82, 2.24) is 9.55 Å². The molecule has 1 unspecified atom stereocenters. The molecule has 3 atom stereocenters. The maximum atomic E-state index is 11.7. The minimum atomic E-state index is -0.686. The van der Waals surface area contributed by atoms with Crippen molar-refractivity contribution in [1.29, 1.82) is 0 Å². The van der Waals surface area contributed by atoms with Gasteiger partial charge in [-0.15, -0.1) is 0 Å². The number of aliphatic hydroxyl groups is 1. The molecular weight excluding hydrogens is 240 g/mol. The number of aliphatic hydroxyl groups excluding tert-OH is 1. The van der Waals surface area contributed by atoms with E-state index >= 15 is 0 Å². The highest BCUT2D eigenvalue weighted by Gasteiger charge is 2.57. The first-order valence-corrected chi connectivity index (χ1v) is 5.78. The number of nitrogens with one attached hydrogen (secondary N) is 1. The van der Waals surface area contributed by atoms with Crippen LogP contribution in [0.5, 0.6) is 0 Å². The summed E-state index contributed by atoms with van der Waals surface area (Å²) in [5, 5.41) is 9.33. The Morgan fingerprint density at radius 2 is 2.39 bits per heavy atom. The number of nitrogens with zero attached hydrogens (tertiary/aromatic N) is 1. The maximum absolute atomic E-state index is 11.7. The van der Waals surface area contributed by atoms with Crippen molar-refractivity contribution >= 4 is 0 Å².